The van der Waals surface area contributed by atoms with Crippen LogP contribution in [0.25, 0.3) is 10.2 Å². The number of aryl methyl sites for hydroxylation is 2. The third kappa shape index (κ3) is 3.50. The Morgan fingerprint density at radius 1 is 1.30 bits per heavy atom. The summed E-state index contributed by atoms with van der Waals surface area (Å²) in [4.78, 5) is 24.1. The molecule has 136 valence electrons. The van der Waals surface area contributed by atoms with Crippen molar-refractivity contribution in [3.8, 4) is 0 Å². The Kier molecular flexibility index (Phi) is 4.75. The number of anilines is 1. The van der Waals surface area contributed by atoms with E-state index in [9.17, 15) is 4.79 Å². The first-order chi connectivity index (χ1) is 13.0. The number of carbonyl (C=O) groups excluding carboxylic acids is 1. The van der Waals surface area contributed by atoms with E-state index in [1.807, 2.05) is 43.3 Å². The lowest BCUT2D eigenvalue weighted by Gasteiger charge is -2.20. The number of pyridine rings is 1. The van der Waals surface area contributed by atoms with Crippen molar-refractivity contribution in [2.24, 2.45) is 7.05 Å². The molecule has 0 N–H and O–H groups in total. The first-order valence-corrected chi connectivity index (χ1v) is 9.90. The summed E-state index contributed by atoms with van der Waals surface area (Å²) in [5.41, 5.74) is 3.04. The number of carbonyl (C=O) groups is 1. The van der Waals surface area contributed by atoms with Gasteiger partial charge in [0.15, 0.2) is 5.13 Å². The molecule has 1 aromatic carbocycles. The number of hydrogen-bond donors (Lipinski definition) is 0. The van der Waals surface area contributed by atoms with Crippen LogP contribution >= 0.6 is 27.3 Å². The lowest BCUT2D eigenvalue weighted by Crippen LogP contribution is -2.32. The minimum Gasteiger partial charge on any atom is -0.277 e. The maximum atomic E-state index is 13.4. The molecule has 0 saturated carbocycles. The van der Waals surface area contributed by atoms with Crippen molar-refractivity contribution in [2.75, 3.05) is 4.90 Å². The van der Waals surface area contributed by atoms with Crippen LogP contribution in [0.15, 0.2) is 53.3 Å². The smallest absolute Gasteiger partial charge is 0.277 e. The lowest BCUT2D eigenvalue weighted by atomic mass is 10.2. The van der Waals surface area contributed by atoms with Crippen LogP contribution in [0.5, 0.6) is 0 Å². The Balaban J connectivity index is 1.80. The molecule has 0 aliphatic carbocycles. The predicted molar refractivity (Wildman–Crippen MR) is 110 cm³/mol. The number of rotatable bonds is 4. The molecule has 4 aromatic rings. The first kappa shape index (κ1) is 17.8. The van der Waals surface area contributed by atoms with Gasteiger partial charge in [0, 0.05) is 17.7 Å². The van der Waals surface area contributed by atoms with Crippen molar-refractivity contribution in [3.63, 3.8) is 0 Å². The fourth-order valence-corrected chi connectivity index (χ4v) is 4.38. The summed E-state index contributed by atoms with van der Waals surface area (Å²) in [6.07, 6.45) is 3.42. The molecule has 0 unspecified atom stereocenters. The van der Waals surface area contributed by atoms with E-state index < -0.39 is 0 Å². The number of halogens is 1. The van der Waals surface area contributed by atoms with Crippen LogP contribution in [0.4, 0.5) is 5.13 Å². The standard InChI is InChI=1S/C19H16BrN5OS/c1-12-10-22-24(2)17(12)18(26)25(11-14-5-3-4-8-21-14)19-23-15-7-6-13(20)9-16(15)27-19/h3-10H,11H2,1-2H3. The number of amides is 1. The number of benzene rings is 1. The molecule has 3 heterocycles. The van der Waals surface area contributed by atoms with Crippen LogP contribution in [0.1, 0.15) is 21.7 Å². The van der Waals surface area contributed by atoms with Crippen molar-refractivity contribution in [2.45, 2.75) is 13.5 Å². The molecule has 0 fully saturated rings. The van der Waals surface area contributed by atoms with E-state index in [0.29, 0.717) is 17.4 Å². The summed E-state index contributed by atoms with van der Waals surface area (Å²) in [7, 11) is 1.77. The zero-order valence-electron chi connectivity index (χ0n) is 14.8. The number of nitrogens with zero attached hydrogens (tertiary/aromatic N) is 5. The van der Waals surface area contributed by atoms with Gasteiger partial charge in [-0.15, -0.1) is 0 Å². The quantitative estimate of drug-likeness (QED) is 0.472. The zero-order valence-corrected chi connectivity index (χ0v) is 17.2. The van der Waals surface area contributed by atoms with Gasteiger partial charge in [-0.05, 0) is 42.8 Å². The van der Waals surface area contributed by atoms with Crippen LogP contribution in [-0.4, -0.2) is 25.7 Å². The van der Waals surface area contributed by atoms with Gasteiger partial charge >= 0.3 is 0 Å². The zero-order chi connectivity index (χ0) is 19.0. The molecule has 0 aliphatic heterocycles. The average Bonchev–Trinajstić information content (AvgIpc) is 3.22. The van der Waals surface area contributed by atoms with E-state index in [2.05, 4.69) is 31.0 Å². The van der Waals surface area contributed by atoms with Crippen LogP contribution < -0.4 is 4.90 Å². The topological polar surface area (TPSA) is 63.9 Å². The Bertz CT molecular complexity index is 1100. The normalized spacial score (nSPS) is 11.1. The molecule has 0 bridgehead atoms. The minimum atomic E-state index is -0.142. The molecule has 4 rings (SSSR count). The van der Waals surface area contributed by atoms with E-state index in [1.54, 1.807) is 29.0 Å². The minimum absolute atomic E-state index is 0.142. The Morgan fingerprint density at radius 2 is 2.15 bits per heavy atom. The molecule has 8 heteroatoms. The van der Waals surface area contributed by atoms with Gasteiger partial charge in [0.1, 0.15) is 5.69 Å². The van der Waals surface area contributed by atoms with Gasteiger partial charge in [0.2, 0.25) is 0 Å². The second kappa shape index (κ2) is 7.21. The van der Waals surface area contributed by atoms with Crippen molar-refractivity contribution >= 4 is 48.5 Å². The third-order valence-electron chi connectivity index (χ3n) is 4.19. The molecule has 0 atom stereocenters. The summed E-state index contributed by atoms with van der Waals surface area (Å²) >= 11 is 4.97. The fourth-order valence-electron chi connectivity index (χ4n) is 2.86. The van der Waals surface area contributed by atoms with Crippen molar-refractivity contribution < 1.29 is 4.79 Å². The Morgan fingerprint density at radius 3 is 2.85 bits per heavy atom. The Hall–Kier alpha value is -2.58. The van der Waals surface area contributed by atoms with Crippen LogP contribution in [0.3, 0.4) is 0 Å². The Labute approximate surface area is 168 Å². The monoisotopic (exact) mass is 441 g/mol. The second-order valence-electron chi connectivity index (χ2n) is 6.12. The van der Waals surface area contributed by atoms with E-state index in [1.165, 1.54) is 11.3 Å². The molecule has 3 aromatic heterocycles. The van der Waals surface area contributed by atoms with Crippen molar-refractivity contribution in [1.82, 2.24) is 19.7 Å². The van der Waals surface area contributed by atoms with Crippen molar-refractivity contribution in [1.29, 1.82) is 0 Å². The van der Waals surface area contributed by atoms with Gasteiger partial charge in [0.05, 0.1) is 28.7 Å². The molecule has 27 heavy (non-hydrogen) atoms. The van der Waals surface area contributed by atoms with Gasteiger partial charge < -0.3 is 0 Å². The van der Waals surface area contributed by atoms with Gasteiger partial charge in [-0.25, -0.2) is 4.98 Å². The summed E-state index contributed by atoms with van der Waals surface area (Å²) < 4.78 is 3.60. The van der Waals surface area contributed by atoms with Crippen LogP contribution in [0.2, 0.25) is 0 Å². The highest BCUT2D eigenvalue weighted by Crippen LogP contribution is 2.32. The molecular formula is C19H16BrN5OS. The SMILES string of the molecule is Cc1cnn(C)c1C(=O)N(Cc1ccccn1)c1nc2ccc(Br)cc2s1. The van der Waals surface area contributed by atoms with Crippen molar-refractivity contribution in [3.05, 3.63) is 70.2 Å². The number of fused-ring (bicyclic) bond motifs is 1. The molecule has 6 nitrogen and oxygen atoms in total. The van der Waals surface area contributed by atoms with Crippen LogP contribution in [0, 0.1) is 6.92 Å². The molecular weight excluding hydrogens is 426 g/mol. The van der Waals surface area contributed by atoms with E-state index in [0.717, 1.165) is 25.9 Å². The maximum Gasteiger partial charge on any atom is 0.278 e. The molecule has 1 amide bonds. The highest BCUT2D eigenvalue weighted by atomic mass is 79.9. The summed E-state index contributed by atoms with van der Waals surface area (Å²) in [6.45, 7) is 2.22. The van der Waals surface area contributed by atoms with Gasteiger partial charge in [0.25, 0.3) is 5.91 Å². The third-order valence-corrected chi connectivity index (χ3v) is 5.72. The summed E-state index contributed by atoms with van der Waals surface area (Å²) in [6, 6.07) is 11.6. The maximum absolute atomic E-state index is 13.4. The second-order valence-corrected chi connectivity index (χ2v) is 8.05. The summed E-state index contributed by atoms with van der Waals surface area (Å²) in [5, 5.41) is 4.84. The molecule has 0 spiro atoms. The molecule has 0 saturated heterocycles. The number of hydrogen-bond acceptors (Lipinski definition) is 5. The average molecular weight is 442 g/mol. The van der Waals surface area contributed by atoms with Gasteiger partial charge in [-0.1, -0.05) is 33.3 Å². The van der Waals surface area contributed by atoms with E-state index in [-0.39, 0.29) is 5.91 Å². The highest BCUT2D eigenvalue weighted by Gasteiger charge is 2.26. The van der Waals surface area contributed by atoms with Gasteiger partial charge in [-0.2, -0.15) is 5.10 Å². The molecule has 0 aliphatic rings. The van der Waals surface area contributed by atoms with E-state index >= 15 is 0 Å². The highest BCUT2D eigenvalue weighted by molar-refractivity contribution is 9.10. The van der Waals surface area contributed by atoms with Crippen LogP contribution in [-0.2, 0) is 13.6 Å². The number of aromatic nitrogens is 4. The van der Waals surface area contributed by atoms with E-state index in [4.69, 9.17) is 0 Å². The largest absolute Gasteiger partial charge is 0.278 e. The molecule has 0 radical (unpaired) electrons. The number of thiazole rings is 1. The summed E-state index contributed by atoms with van der Waals surface area (Å²) in [5.74, 6) is -0.142. The predicted octanol–water partition coefficient (Wildman–Crippen LogP) is 4.34. The fraction of sp³-hybridized carbons (Fsp3) is 0.158. The first-order valence-electron chi connectivity index (χ1n) is 8.29. The van der Waals surface area contributed by atoms with Gasteiger partial charge in [-0.3, -0.25) is 19.4 Å². The lowest BCUT2D eigenvalue weighted by molar-refractivity contribution is 0.0975.